The molecule has 0 radical (unpaired) electrons. The molecule has 1 aliphatic heterocycles. The third-order valence-corrected chi connectivity index (χ3v) is 3.24. The molecular weight excluding hydrogens is 172 g/mol. The summed E-state index contributed by atoms with van der Waals surface area (Å²) < 4.78 is 1.61. The molecule has 1 aromatic heterocycles. The van der Waals surface area contributed by atoms with Crippen LogP contribution >= 0.6 is 11.8 Å². The van der Waals surface area contributed by atoms with Crippen molar-refractivity contribution in [2.24, 2.45) is 7.05 Å². The number of aromatic nitrogens is 2. The van der Waals surface area contributed by atoms with E-state index in [0.717, 1.165) is 28.6 Å². The Morgan fingerprint density at radius 2 is 2.33 bits per heavy atom. The van der Waals surface area contributed by atoms with Crippen molar-refractivity contribution >= 4 is 11.8 Å². The monoisotopic (exact) mass is 182 g/mol. The van der Waals surface area contributed by atoms with E-state index in [4.69, 9.17) is 0 Å². The molecule has 0 fully saturated rings. The highest BCUT2D eigenvalue weighted by molar-refractivity contribution is 7.99. The summed E-state index contributed by atoms with van der Waals surface area (Å²) in [6.45, 7) is 1.87. The van der Waals surface area contributed by atoms with Crippen LogP contribution < -0.4 is 5.56 Å². The molecule has 0 spiro atoms. The second kappa shape index (κ2) is 2.62. The van der Waals surface area contributed by atoms with E-state index in [0.29, 0.717) is 0 Å². The van der Waals surface area contributed by atoms with Crippen LogP contribution in [0, 0.1) is 6.92 Å². The molecule has 1 aliphatic rings. The third kappa shape index (κ3) is 0.982. The maximum Gasteiger partial charge on any atom is 0.267 e. The molecule has 2 heterocycles. The Balaban J connectivity index is 2.76. The van der Waals surface area contributed by atoms with Gasteiger partial charge in [-0.2, -0.15) is 0 Å². The summed E-state index contributed by atoms with van der Waals surface area (Å²) in [5.41, 5.74) is 1.10. The Hall–Kier alpha value is -0.770. The van der Waals surface area contributed by atoms with Crippen molar-refractivity contribution in [3.05, 3.63) is 21.9 Å². The van der Waals surface area contributed by atoms with E-state index < -0.39 is 0 Å². The number of hydrogen-bond acceptors (Lipinski definition) is 3. The molecule has 0 saturated carbocycles. The lowest BCUT2D eigenvalue weighted by atomic mass is 10.3. The minimum atomic E-state index is 0.111. The second-order valence-electron chi connectivity index (χ2n) is 2.90. The summed E-state index contributed by atoms with van der Waals surface area (Å²) in [6.07, 6.45) is 0.941. The Morgan fingerprint density at radius 1 is 1.58 bits per heavy atom. The highest BCUT2D eigenvalue weighted by Gasteiger charge is 2.18. The third-order valence-electron chi connectivity index (χ3n) is 2.13. The van der Waals surface area contributed by atoms with Gasteiger partial charge in [-0.15, -0.1) is 11.8 Å². The molecule has 64 valence electrons. The molecule has 0 aromatic carbocycles. The number of hydrogen-bond donors (Lipinski definition) is 0. The van der Waals surface area contributed by atoms with Crippen LogP contribution in [0.25, 0.3) is 0 Å². The first-order valence-corrected chi connectivity index (χ1v) is 4.88. The molecule has 0 bridgehead atoms. The standard InChI is InChI=1S/C8H10N2OS/c1-5-9-6-3-4-12-7(6)8(11)10(5)2/h3-4H2,1-2H3. The minimum Gasteiger partial charge on any atom is -0.299 e. The van der Waals surface area contributed by atoms with Gasteiger partial charge in [-0.1, -0.05) is 0 Å². The van der Waals surface area contributed by atoms with Crippen LogP contribution in [0.3, 0.4) is 0 Å². The fourth-order valence-electron chi connectivity index (χ4n) is 1.31. The van der Waals surface area contributed by atoms with E-state index >= 15 is 0 Å². The van der Waals surface area contributed by atoms with E-state index in [9.17, 15) is 4.79 Å². The van der Waals surface area contributed by atoms with Crippen molar-refractivity contribution in [1.29, 1.82) is 0 Å². The number of fused-ring (bicyclic) bond motifs is 1. The molecule has 0 atom stereocenters. The summed E-state index contributed by atoms with van der Waals surface area (Å²) >= 11 is 1.62. The SMILES string of the molecule is Cc1nc2c(c(=O)n1C)SCC2. The minimum absolute atomic E-state index is 0.111. The van der Waals surface area contributed by atoms with Gasteiger partial charge in [0, 0.05) is 19.2 Å². The smallest absolute Gasteiger partial charge is 0.267 e. The zero-order chi connectivity index (χ0) is 8.72. The van der Waals surface area contributed by atoms with Gasteiger partial charge in [0.25, 0.3) is 5.56 Å². The molecule has 12 heavy (non-hydrogen) atoms. The average molecular weight is 182 g/mol. The fourth-order valence-corrected chi connectivity index (χ4v) is 2.38. The van der Waals surface area contributed by atoms with Gasteiger partial charge in [0.2, 0.25) is 0 Å². The van der Waals surface area contributed by atoms with Crippen LogP contribution in [-0.4, -0.2) is 15.3 Å². The Bertz CT molecular complexity index is 383. The largest absolute Gasteiger partial charge is 0.299 e. The molecule has 0 aliphatic carbocycles. The molecular formula is C8H10N2OS. The Kier molecular flexibility index (Phi) is 1.72. The predicted molar refractivity (Wildman–Crippen MR) is 48.6 cm³/mol. The zero-order valence-electron chi connectivity index (χ0n) is 7.13. The van der Waals surface area contributed by atoms with E-state index in [2.05, 4.69) is 4.98 Å². The van der Waals surface area contributed by atoms with Crippen molar-refractivity contribution in [3.8, 4) is 0 Å². The van der Waals surface area contributed by atoms with Crippen LogP contribution in [0.4, 0.5) is 0 Å². The van der Waals surface area contributed by atoms with Gasteiger partial charge in [-0.3, -0.25) is 9.36 Å². The first-order valence-electron chi connectivity index (χ1n) is 3.89. The lowest BCUT2D eigenvalue weighted by Gasteiger charge is -2.04. The highest BCUT2D eigenvalue weighted by atomic mass is 32.2. The summed E-state index contributed by atoms with van der Waals surface area (Å²) in [5, 5.41) is 0. The van der Waals surface area contributed by atoms with Crippen LogP contribution in [0.15, 0.2) is 9.69 Å². The fraction of sp³-hybridized carbons (Fsp3) is 0.500. The maximum atomic E-state index is 11.6. The first kappa shape index (κ1) is 7.86. The van der Waals surface area contributed by atoms with Gasteiger partial charge >= 0.3 is 0 Å². The molecule has 0 unspecified atom stereocenters. The second-order valence-corrected chi connectivity index (χ2v) is 4.00. The summed E-state index contributed by atoms with van der Waals surface area (Å²) in [4.78, 5) is 16.8. The normalized spacial score (nSPS) is 14.8. The van der Waals surface area contributed by atoms with Gasteiger partial charge in [-0.05, 0) is 6.92 Å². The predicted octanol–water partition coefficient (Wildman–Crippen LogP) is 0.737. The van der Waals surface area contributed by atoms with Gasteiger partial charge in [0.15, 0.2) is 0 Å². The lowest BCUT2D eigenvalue weighted by Crippen LogP contribution is -2.22. The van der Waals surface area contributed by atoms with Crippen molar-refractivity contribution < 1.29 is 0 Å². The van der Waals surface area contributed by atoms with Gasteiger partial charge in [-0.25, -0.2) is 4.98 Å². The summed E-state index contributed by atoms with van der Waals surface area (Å²) in [6, 6.07) is 0. The van der Waals surface area contributed by atoms with Crippen molar-refractivity contribution in [1.82, 2.24) is 9.55 Å². The number of aryl methyl sites for hydroxylation is 2. The van der Waals surface area contributed by atoms with Gasteiger partial charge < -0.3 is 0 Å². The average Bonchev–Trinajstić information content (AvgIpc) is 2.48. The maximum absolute atomic E-state index is 11.6. The summed E-state index contributed by atoms with van der Waals surface area (Å²) in [5.74, 6) is 1.81. The van der Waals surface area contributed by atoms with Gasteiger partial charge in [0.1, 0.15) is 5.82 Å². The van der Waals surface area contributed by atoms with E-state index in [-0.39, 0.29) is 5.56 Å². The summed E-state index contributed by atoms with van der Waals surface area (Å²) in [7, 11) is 1.77. The topological polar surface area (TPSA) is 34.9 Å². The van der Waals surface area contributed by atoms with Crippen LogP contribution in [0.1, 0.15) is 11.5 Å². The molecule has 1 aromatic rings. The number of rotatable bonds is 0. The van der Waals surface area contributed by atoms with Gasteiger partial charge in [0.05, 0.1) is 10.6 Å². The van der Waals surface area contributed by atoms with Crippen molar-refractivity contribution in [2.45, 2.75) is 18.2 Å². The van der Waals surface area contributed by atoms with Crippen LogP contribution in [0.2, 0.25) is 0 Å². The molecule has 0 amide bonds. The molecule has 3 nitrogen and oxygen atoms in total. The zero-order valence-corrected chi connectivity index (χ0v) is 7.94. The Morgan fingerprint density at radius 3 is 3.08 bits per heavy atom. The quantitative estimate of drug-likeness (QED) is 0.593. The Labute approximate surface area is 74.8 Å². The van der Waals surface area contributed by atoms with E-state index in [1.807, 2.05) is 6.92 Å². The number of thioether (sulfide) groups is 1. The molecule has 4 heteroatoms. The molecule has 0 N–H and O–H groups in total. The van der Waals surface area contributed by atoms with E-state index in [1.54, 1.807) is 23.4 Å². The van der Waals surface area contributed by atoms with Crippen molar-refractivity contribution in [3.63, 3.8) is 0 Å². The first-order chi connectivity index (χ1) is 5.70. The van der Waals surface area contributed by atoms with Crippen LogP contribution in [-0.2, 0) is 13.5 Å². The molecule has 0 saturated heterocycles. The number of nitrogens with zero attached hydrogens (tertiary/aromatic N) is 2. The van der Waals surface area contributed by atoms with Crippen molar-refractivity contribution in [2.75, 3.05) is 5.75 Å². The lowest BCUT2D eigenvalue weighted by molar-refractivity contribution is 0.730. The highest BCUT2D eigenvalue weighted by Crippen LogP contribution is 2.25. The van der Waals surface area contributed by atoms with Crippen LogP contribution in [0.5, 0.6) is 0 Å². The van der Waals surface area contributed by atoms with E-state index in [1.165, 1.54) is 0 Å². The molecule has 2 rings (SSSR count).